The Labute approximate surface area is 109 Å². The number of hydrogen-bond acceptors (Lipinski definition) is 1. The van der Waals surface area contributed by atoms with Crippen LogP contribution >= 0.6 is 0 Å². The second kappa shape index (κ2) is 3.54. The predicted octanol–water partition coefficient (Wildman–Crippen LogP) is 4.09. The molecule has 0 aliphatic rings. The third-order valence-corrected chi connectivity index (χ3v) is 3.60. The average molecular weight is 250 g/mol. The van der Waals surface area contributed by atoms with Crippen LogP contribution in [0.2, 0.25) is 0 Å². The highest BCUT2D eigenvalue weighted by Gasteiger charge is 2.11. The minimum atomic E-state index is -0.225. The monoisotopic (exact) mass is 250 g/mol. The molecule has 0 bridgehead atoms. The lowest BCUT2D eigenvalue weighted by Gasteiger charge is -2.09. The Morgan fingerprint density at radius 3 is 2.63 bits per heavy atom. The fraction of sp³-hybridized carbons (Fsp3) is 0.0625. The van der Waals surface area contributed by atoms with Gasteiger partial charge in [-0.25, -0.2) is 9.37 Å². The minimum absolute atomic E-state index is 0.225. The van der Waals surface area contributed by atoms with E-state index in [0.717, 1.165) is 33.0 Å². The summed E-state index contributed by atoms with van der Waals surface area (Å²) < 4.78 is 15.6. The van der Waals surface area contributed by atoms with Gasteiger partial charge in [0.15, 0.2) is 0 Å². The van der Waals surface area contributed by atoms with E-state index in [9.17, 15) is 4.39 Å². The van der Waals surface area contributed by atoms with Crippen LogP contribution in [0, 0.1) is 12.7 Å². The summed E-state index contributed by atoms with van der Waals surface area (Å²) in [5.74, 6) is -0.225. The maximum atomic E-state index is 13.6. The standard InChI is InChI=1S/C16H11FN2/c1-10-9-18-16-14-5-3-2-4-12(14)13-7-6-11(17)8-15(13)19(10)16/h2-9H,1H3. The summed E-state index contributed by atoms with van der Waals surface area (Å²) in [6, 6.07) is 13.0. The van der Waals surface area contributed by atoms with Crippen molar-refractivity contribution in [3.05, 3.63) is 60.2 Å². The zero-order valence-corrected chi connectivity index (χ0v) is 10.4. The molecule has 2 heterocycles. The predicted molar refractivity (Wildman–Crippen MR) is 74.9 cm³/mol. The molecule has 0 fully saturated rings. The van der Waals surface area contributed by atoms with Crippen molar-refractivity contribution in [2.24, 2.45) is 0 Å². The maximum Gasteiger partial charge on any atom is 0.145 e. The van der Waals surface area contributed by atoms with E-state index in [0.29, 0.717) is 0 Å². The molecule has 0 saturated heterocycles. The Morgan fingerprint density at radius 2 is 1.79 bits per heavy atom. The number of hydrogen-bond donors (Lipinski definition) is 0. The number of benzene rings is 2. The average Bonchev–Trinajstić information content (AvgIpc) is 2.81. The van der Waals surface area contributed by atoms with E-state index in [4.69, 9.17) is 0 Å². The summed E-state index contributed by atoms with van der Waals surface area (Å²) in [6.45, 7) is 1.99. The highest BCUT2D eigenvalue weighted by Crippen LogP contribution is 2.30. The summed E-state index contributed by atoms with van der Waals surface area (Å²) in [6.07, 6.45) is 1.83. The molecule has 19 heavy (non-hydrogen) atoms. The molecule has 92 valence electrons. The molecule has 2 aromatic carbocycles. The molecule has 0 spiro atoms. The fourth-order valence-electron chi connectivity index (χ4n) is 2.76. The molecule has 0 N–H and O–H groups in total. The first-order chi connectivity index (χ1) is 9.25. The van der Waals surface area contributed by atoms with Gasteiger partial charge in [0.25, 0.3) is 0 Å². The summed E-state index contributed by atoms with van der Waals surface area (Å²) in [7, 11) is 0. The van der Waals surface area contributed by atoms with Crippen LogP contribution in [0.5, 0.6) is 0 Å². The van der Waals surface area contributed by atoms with Crippen LogP contribution in [0.25, 0.3) is 27.3 Å². The van der Waals surface area contributed by atoms with E-state index in [1.165, 1.54) is 6.07 Å². The zero-order chi connectivity index (χ0) is 13.0. The number of aryl methyl sites for hydroxylation is 1. The van der Waals surface area contributed by atoms with Crippen molar-refractivity contribution >= 4 is 27.3 Å². The van der Waals surface area contributed by atoms with Gasteiger partial charge >= 0.3 is 0 Å². The van der Waals surface area contributed by atoms with Crippen molar-refractivity contribution in [1.82, 2.24) is 9.38 Å². The summed E-state index contributed by atoms with van der Waals surface area (Å²) in [5, 5.41) is 3.25. The lowest BCUT2D eigenvalue weighted by atomic mass is 10.1. The van der Waals surface area contributed by atoms with Crippen LogP contribution in [0.4, 0.5) is 4.39 Å². The molecule has 4 aromatic rings. The van der Waals surface area contributed by atoms with Gasteiger partial charge in [-0.05, 0) is 30.5 Å². The lowest BCUT2D eigenvalue weighted by molar-refractivity contribution is 0.629. The fourth-order valence-corrected chi connectivity index (χ4v) is 2.76. The van der Waals surface area contributed by atoms with Crippen LogP contribution < -0.4 is 0 Å². The van der Waals surface area contributed by atoms with Crippen molar-refractivity contribution in [1.29, 1.82) is 0 Å². The Kier molecular flexibility index (Phi) is 1.96. The summed E-state index contributed by atoms with van der Waals surface area (Å²) >= 11 is 0. The SMILES string of the molecule is Cc1cnc2c3ccccc3c3ccc(F)cc3n12. The largest absolute Gasteiger partial charge is 0.296 e. The Hall–Kier alpha value is -2.42. The van der Waals surface area contributed by atoms with Crippen LogP contribution in [0.3, 0.4) is 0 Å². The molecule has 0 atom stereocenters. The molecule has 0 amide bonds. The normalized spacial score (nSPS) is 11.7. The van der Waals surface area contributed by atoms with E-state index in [-0.39, 0.29) is 5.82 Å². The number of fused-ring (bicyclic) bond motifs is 6. The van der Waals surface area contributed by atoms with Crippen molar-refractivity contribution in [3.63, 3.8) is 0 Å². The minimum Gasteiger partial charge on any atom is -0.296 e. The zero-order valence-electron chi connectivity index (χ0n) is 10.4. The van der Waals surface area contributed by atoms with E-state index < -0.39 is 0 Å². The Bertz CT molecular complexity index is 938. The molecule has 2 aromatic heterocycles. The van der Waals surface area contributed by atoms with E-state index in [1.807, 2.05) is 35.7 Å². The number of pyridine rings is 1. The molecular formula is C16H11FN2. The Balaban J connectivity index is 2.45. The van der Waals surface area contributed by atoms with Gasteiger partial charge in [0.1, 0.15) is 11.5 Å². The topological polar surface area (TPSA) is 17.3 Å². The summed E-state index contributed by atoms with van der Waals surface area (Å²) in [5.41, 5.74) is 2.76. The molecule has 0 aliphatic carbocycles. The number of halogens is 1. The highest BCUT2D eigenvalue weighted by atomic mass is 19.1. The van der Waals surface area contributed by atoms with E-state index in [2.05, 4.69) is 17.1 Å². The highest BCUT2D eigenvalue weighted by molar-refractivity contribution is 6.11. The quantitative estimate of drug-likeness (QED) is 0.430. The second-order valence-electron chi connectivity index (χ2n) is 4.77. The first-order valence-electron chi connectivity index (χ1n) is 6.20. The maximum absolute atomic E-state index is 13.6. The second-order valence-corrected chi connectivity index (χ2v) is 4.77. The van der Waals surface area contributed by atoms with Gasteiger partial charge < -0.3 is 0 Å². The molecule has 3 heteroatoms. The molecule has 0 unspecified atom stereocenters. The van der Waals surface area contributed by atoms with Gasteiger partial charge in [-0.15, -0.1) is 0 Å². The van der Waals surface area contributed by atoms with Crippen LogP contribution in [-0.4, -0.2) is 9.38 Å². The molecule has 0 radical (unpaired) electrons. The van der Waals surface area contributed by atoms with Crippen molar-refractivity contribution in [2.45, 2.75) is 6.92 Å². The van der Waals surface area contributed by atoms with Crippen molar-refractivity contribution in [2.75, 3.05) is 0 Å². The molecular weight excluding hydrogens is 239 g/mol. The first kappa shape index (κ1) is 10.5. The van der Waals surface area contributed by atoms with Crippen LogP contribution in [0.1, 0.15) is 5.69 Å². The van der Waals surface area contributed by atoms with Gasteiger partial charge in [0.05, 0.1) is 5.52 Å². The van der Waals surface area contributed by atoms with Crippen LogP contribution in [-0.2, 0) is 0 Å². The van der Waals surface area contributed by atoms with Crippen LogP contribution in [0.15, 0.2) is 48.7 Å². The lowest BCUT2D eigenvalue weighted by Crippen LogP contribution is -1.93. The van der Waals surface area contributed by atoms with E-state index >= 15 is 0 Å². The molecule has 0 aliphatic heterocycles. The third kappa shape index (κ3) is 1.32. The number of nitrogens with zero attached hydrogens (tertiary/aromatic N) is 2. The van der Waals surface area contributed by atoms with Gasteiger partial charge in [0, 0.05) is 22.7 Å². The first-order valence-corrected chi connectivity index (χ1v) is 6.20. The van der Waals surface area contributed by atoms with Gasteiger partial charge in [0.2, 0.25) is 0 Å². The van der Waals surface area contributed by atoms with Gasteiger partial charge in [-0.2, -0.15) is 0 Å². The Morgan fingerprint density at radius 1 is 1.00 bits per heavy atom. The molecule has 0 saturated carbocycles. The van der Waals surface area contributed by atoms with Gasteiger partial charge in [-0.3, -0.25) is 4.40 Å². The van der Waals surface area contributed by atoms with Crippen molar-refractivity contribution in [3.8, 4) is 0 Å². The number of rotatable bonds is 0. The molecule has 2 nitrogen and oxygen atoms in total. The van der Waals surface area contributed by atoms with Crippen molar-refractivity contribution < 1.29 is 4.39 Å². The number of aromatic nitrogens is 2. The van der Waals surface area contributed by atoms with E-state index in [1.54, 1.807) is 6.07 Å². The molecule has 4 rings (SSSR count). The smallest absolute Gasteiger partial charge is 0.145 e. The third-order valence-electron chi connectivity index (χ3n) is 3.60. The summed E-state index contributed by atoms with van der Waals surface area (Å²) in [4.78, 5) is 4.47. The number of imidazole rings is 1. The van der Waals surface area contributed by atoms with Gasteiger partial charge in [-0.1, -0.05) is 24.3 Å².